The van der Waals surface area contributed by atoms with Crippen LogP contribution < -0.4 is 11.1 Å². The summed E-state index contributed by atoms with van der Waals surface area (Å²) in [6, 6.07) is 5.89. The first-order valence-corrected chi connectivity index (χ1v) is 5.49. The molecule has 1 heterocycles. The molecule has 1 aromatic carbocycles. The summed E-state index contributed by atoms with van der Waals surface area (Å²) in [7, 11) is 2.08. The molecule has 0 fully saturated rings. The molecule has 1 aliphatic heterocycles. The maximum atomic E-state index is 11.7. The van der Waals surface area contributed by atoms with Gasteiger partial charge in [0.2, 0.25) is 0 Å². The molecule has 0 atom stereocenters. The van der Waals surface area contributed by atoms with E-state index in [9.17, 15) is 4.79 Å². The highest BCUT2D eigenvalue weighted by molar-refractivity contribution is 5.94. The van der Waals surface area contributed by atoms with Crippen molar-refractivity contribution in [2.45, 2.75) is 13.1 Å². The van der Waals surface area contributed by atoms with Crippen molar-refractivity contribution in [3.05, 3.63) is 34.9 Å². The van der Waals surface area contributed by atoms with Crippen molar-refractivity contribution in [1.29, 1.82) is 0 Å². The zero-order valence-corrected chi connectivity index (χ0v) is 9.49. The van der Waals surface area contributed by atoms with E-state index in [1.54, 1.807) is 0 Å². The molecule has 0 aromatic heterocycles. The second-order valence-electron chi connectivity index (χ2n) is 4.20. The third-order valence-electron chi connectivity index (χ3n) is 2.78. The molecule has 0 saturated heterocycles. The Kier molecular flexibility index (Phi) is 3.22. The lowest BCUT2D eigenvalue weighted by atomic mass is 10.1. The maximum Gasteiger partial charge on any atom is 0.251 e. The number of rotatable bonds is 3. The number of benzene rings is 1. The molecular formula is C12H17N3O. The van der Waals surface area contributed by atoms with Gasteiger partial charge >= 0.3 is 0 Å². The molecule has 1 amide bonds. The minimum Gasteiger partial charge on any atom is -0.351 e. The number of nitrogens with two attached hydrogens (primary N) is 1. The minimum atomic E-state index is -0.0391. The Morgan fingerprint density at radius 3 is 2.94 bits per heavy atom. The van der Waals surface area contributed by atoms with E-state index in [1.807, 2.05) is 18.2 Å². The summed E-state index contributed by atoms with van der Waals surface area (Å²) >= 11 is 0. The molecular weight excluding hydrogens is 202 g/mol. The lowest BCUT2D eigenvalue weighted by Crippen LogP contribution is -2.29. The van der Waals surface area contributed by atoms with E-state index in [2.05, 4.69) is 17.3 Å². The van der Waals surface area contributed by atoms with Crippen molar-refractivity contribution in [3.8, 4) is 0 Å². The van der Waals surface area contributed by atoms with Gasteiger partial charge in [0.1, 0.15) is 0 Å². The molecule has 0 radical (unpaired) electrons. The molecule has 16 heavy (non-hydrogen) atoms. The van der Waals surface area contributed by atoms with E-state index >= 15 is 0 Å². The zero-order valence-electron chi connectivity index (χ0n) is 9.49. The summed E-state index contributed by atoms with van der Waals surface area (Å²) in [4.78, 5) is 13.9. The molecule has 1 aromatic rings. The molecule has 4 nitrogen and oxygen atoms in total. The normalized spacial score (nSPS) is 14.9. The fourth-order valence-corrected chi connectivity index (χ4v) is 1.99. The predicted molar refractivity (Wildman–Crippen MR) is 63.0 cm³/mol. The zero-order chi connectivity index (χ0) is 11.5. The van der Waals surface area contributed by atoms with Gasteiger partial charge in [-0.2, -0.15) is 0 Å². The fraction of sp³-hybridized carbons (Fsp3) is 0.417. The molecule has 1 aliphatic rings. The number of carbonyl (C=O) groups excluding carboxylic acids is 1. The van der Waals surface area contributed by atoms with Gasteiger partial charge in [-0.25, -0.2) is 0 Å². The highest BCUT2D eigenvalue weighted by Gasteiger charge is 2.16. The van der Waals surface area contributed by atoms with Crippen molar-refractivity contribution >= 4 is 5.91 Å². The Labute approximate surface area is 95.4 Å². The van der Waals surface area contributed by atoms with Gasteiger partial charge < -0.3 is 11.1 Å². The van der Waals surface area contributed by atoms with Gasteiger partial charge in [-0.15, -0.1) is 0 Å². The summed E-state index contributed by atoms with van der Waals surface area (Å²) in [5.41, 5.74) is 8.64. The summed E-state index contributed by atoms with van der Waals surface area (Å²) in [5, 5.41) is 2.77. The van der Waals surface area contributed by atoms with E-state index in [1.165, 1.54) is 11.1 Å². The molecule has 86 valence electrons. The topological polar surface area (TPSA) is 58.4 Å². The maximum absolute atomic E-state index is 11.7. The number of nitrogens with zero attached hydrogens (tertiary/aromatic N) is 1. The van der Waals surface area contributed by atoms with Gasteiger partial charge in [0, 0.05) is 31.7 Å². The van der Waals surface area contributed by atoms with Gasteiger partial charge in [-0.05, 0) is 30.3 Å². The Morgan fingerprint density at radius 2 is 2.19 bits per heavy atom. The quantitative estimate of drug-likeness (QED) is 0.769. The standard InChI is InChI=1S/C12H17N3O/c1-15-7-10-3-2-9(6-11(10)8-15)12(16)14-5-4-13/h2-3,6H,4-5,7-8,13H2,1H3,(H,14,16). The van der Waals surface area contributed by atoms with E-state index < -0.39 is 0 Å². The minimum absolute atomic E-state index is 0.0391. The smallest absolute Gasteiger partial charge is 0.251 e. The monoisotopic (exact) mass is 219 g/mol. The first kappa shape index (κ1) is 11.1. The third-order valence-corrected chi connectivity index (χ3v) is 2.78. The van der Waals surface area contributed by atoms with Crippen molar-refractivity contribution in [2.24, 2.45) is 5.73 Å². The number of amides is 1. The van der Waals surface area contributed by atoms with Gasteiger partial charge in [0.05, 0.1) is 0 Å². The summed E-state index contributed by atoms with van der Waals surface area (Å²) < 4.78 is 0. The molecule has 4 heteroatoms. The van der Waals surface area contributed by atoms with E-state index in [0.717, 1.165) is 18.7 Å². The average Bonchev–Trinajstić information content (AvgIpc) is 2.64. The fourth-order valence-electron chi connectivity index (χ4n) is 1.99. The highest BCUT2D eigenvalue weighted by atomic mass is 16.1. The van der Waals surface area contributed by atoms with Crippen molar-refractivity contribution < 1.29 is 4.79 Å². The number of hydrogen-bond acceptors (Lipinski definition) is 3. The van der Waals surface area contributed by atoms with E-state index in [4.69, 9.17) is 5.73 Å². The van der Waals surface area contributed by atoms with Gasteiger partial charge in [-0.3, -0.25) is 9.69 Å². The van der Waals surface area contributed by atoms with E-state index in [-0.39, 0.29) is 5.91 Å². The number of fused-ring (bicyclic) bond motifs is 1. The van der Waals surface area contributed by atoms with Crippen LogP contribution >= 0.6 is 0 Å². The summed E-state index contributed by atoms with van der Waals surface area (Å²) in [6.07, 6.45) is 0. The number of carbonyl (C=O) groups is 1. The van der Waals surface area contributed by atoms with Crippen molar-refractivity contribution in [1.82, 2.24) is 10.2 Å². The van der Waals surface area contributed by atoms with Crippen LogP contribution in [0.15, 0.2) is 18.2 Å². The van der Waals surface area contributed by atoms with Crippen LogP contribution in [0.4, 0.5) is 0 Å². The summed E-state index contributed by atoms with van der Waals surface area (Å²) in [6.45, 7) is 2.89. The van der Waals surface area contributed by atoms with Gasteiger partial charge in [-0.1, -0.05) is 6.07 Å². The van der Waals surface area contributed by atoms with Crippen LogP contribution in [0, 0.1) is 0 Å². The largest absolute Gasteiger partial charge is 0.351 e. The van der Waals surface area contributed by atoms with Crippen LogP contribution in [0.3, 0.4) is 0 Å². The Hall–Kier alpha value is -1.39. The molecule has 3 N–H and O–H groups in total. The third kappa shape index (κ3) is 2.23. The van der Waals surface area contributed by atoms with Crippen molar-refractivity contribution in [3.63, 3.8) is 0 Å². The molecule has 0 bridgehead atoms. The summed E-state index contributed by atoms with van der Waals surface area (Å²) in [5.74, 6) is -0.0391. The second-order valence-corrected chi connectivity index (χ2v) is 4.20. The first-order chi connectivity index (χ1) is 7.70. The molecule has 0 spiro atoms. The van der Waals surface area contributed by atoms with Crippen LogP contribution in [0.5, 0.6) is 0 Å². The predicted octanol–water partition coefficient (Wildman–Crippen LogP) is 0.321. The van der Waals surface area contributed by atoms with Crippen molar-refractivity contribution in [2.75, 3.05) is 20.1 Å². The average molecular weight is 219 g/mol. The Balaban J connectivity index is 2.13. The number of nitrogens with one attached hydrogen (secondary N) is 1. The highest BCUT2D eigenvalue weighted by Crippen LogP contribution is 2.22. The lowest BCUT2D eigenvalue weighted by molar-refractivity contribution is 0.0954. The second kappa shape index (κ2) is 4.63. The SMILES string of the molecule is CN1Cc2ccc(C(=O)NCCN)cc2C1. The van der Waals surface area contributed by atoms with Crippen LogP contribution in [0.2, 0.25) is 0 Å². The Bertz CT molecular complexity index is 403. The van der Waals surface area contributed by atoms with Gasteiger partial charge in [0.25, 0.3) is 5.91 Å². The lowest BCUT2D eigenvalue weighted by Gasteiger charge is -2.05. The van der Waals surface area contributed by atoms with Crippen LogP contribution in [-0.2, 0) is 13.1 Å². The Morgan fingerprint density at radius 1 is 1.44 bits per heavy atom. The molecule has 0 saturated carbocycles. The molecule has 0 unspecified atom stereocenters. The molecule has 2 rings (SSSR count). The molecule has 0 aliphatic carbocycles. The van der Waals surface area contributed by atoms with Crippen LogP contribution in [0.1, 0.15) is 21.5 Å². The van der Waals surface area contributed by atoms with E-state index in [0.29, 0.717) is 13.1 Å². The van der Waals surface area contributed by atoms with Gasteiger partial charge in [0.15, 0.2) is 0 Å². The number of hydrogen-bond donors (Lipinski definition) is 2. The van der Waals surface area contributed by atoms with Crippen LogP contribution in [0.25, 0.3) is 0 Å². The van der Waals surface area contributed by atoms with Crippen LogP contribution in [-0.4, -0.2) is 30.9 Å². The first-order valence-electron chi connectivity index (χ1n) is 5.49.